The molecular weight excluding hydrogens is 156 g/mol. The van der Waals surface area contributed by atoms with Crippen molar-refractivity contribution < 1.29 is 9.31 Å². The lowest BCUT2D eigenvalue weighted by molar-refractivity contribution is -0.696. The molecule has 0 spiro atoms. The molecular formula is C4H9ClN4O. The zero-order valence-electron chi connectivity index (χ0n) is 5.52. The van der Waals surface area contributed by atoms with Gasteiger partial charge >= 0.3 is 0 Å². The van der Waals surface area contributed by atoms with Crippen LogP contribution in [0.4, 0.5) is 5.88 Å². The second kappa shape index (κ2) is 3.94. The van der Waals surface area contributed by atoms with Gasteiger partial charge in [-0.3, -0.25) is 0 Å². The highest BCUT2D eigenvalue weighted by Gasteiger charge is 1.95. The smallest absolute Gasteiger partial charge is 0.265 e. The first-order valence-electron chi connectivity index (χ1n) is 2.65. The molecule has 0 aliphatic carbocycles. The summed E-state index contributed by atoms with van der Waals surface area (Å²) in [6.07, 6.45) is 1.50. The third kappa shape index (κ3) is 2.10. The second-order valence-corrected chi connectivity index (χ2v) is 1.48. The van der Waals surface area contributed by atoms with E-state index in [4.69, 9.17) is 5.73 Å². The fourth-order valence-corrected chi connectivity index (χ4v) is 0.461. The maximum atomic E-state index is 5.20. The van der Waals surface area contributed by atoms with E-state index in [1.807, 2.05) is 6.92 Å². The molecule has 0 bridgehead atoms. The summed E-state index contributed by atoms with van der Waals surface area (Å²) in [4.78, 5) is 1.30. The molecule has 10 heavy (non-hydrogen) atoms. The van der Waals surface area contributed by atoms with Gasteiger partial charge in [0.15, 0.2) is 0 Å². The van der Waals surface area contributed by atoms with E-state index in [-0.39, 0.29) is 18.3 Å². The van der Waals surface area contributed by atoms with Gasteiger partial charge in [-0.15, -0.1) is 12.4 Å². The number of nitrogen functional groups attached to an aromatic ring is 1. The highest BCUT2D eigenvalue weighted by atomic mass is 35.5. The SMILES string of the molecule is CC[N-][n+]1cc(N)on1.Cl. The molecule has 1 aromatic heterocycles. The van der Waals surface area contributed by atoms with Crippen LogP contribution >= 0.6 is 12.4 Å². The topological polar surface area (TPSA) is 70.0 Å². The van der Waals surface area contributed by atoms with Crippen molar-refractivity contribution in [1.29, 1.82) is 0 Å². The highest BCUT2D eigenvalue weighted by molar-refractivity contribution is 5.85. The molecule has 0 radical (unpaired) electrons. The van der Waals surface area contributed by atoms with Gasteiger partial charge < -0.3 is 10.3 Å². The van der Waals surface area contributed by atoms with Gasteiger partial charge in [0.05, 0.1) is 0 Å². The Labute approximate surface area is 64.5 Å². The van der Waals surface area contributed by atoms with Gasteiger partial charge in [-0.05, 0) is 5.27 Å². The lowest BCUT2D eigenvalue weighted by atomic mass is 10.8. The van der Waals surface area contributed by atoms with Crippen molar-refractivity contribution in [2.24, 2.45) is 0 Å². The summed E-state index contributed by atoms with van der Waals surface area (Å²) in [5.74, 6) is 0.271. The Bertz CT molecular complexity index is 189. The van der Waals surface area contributed by atoms with Crippen LogP contribution in [0.5, 0.6) is 0 Å². The van der Waals surface area contributed by atoms with Gasteiger partial charge in [-0.2, -0.15) is 0 Å². The summed E-state index contributed by atoms with van der Waals surface area (Å²) in [7, 11) is 0. The minimum absolute atomic E-state index is 0. The van der Waals surface area contributed by atoms with E-state index in [0.717, 1.165) is 0 Å². The van der Waals surface area contributed by atoms with Gasteiger partial charge in [-0.1, -0.05) is 11.7 Å². The van der Waals surface area contributed by atoms with Gasteiger partial charge in [0, 0.05) is 6.54 Å². The van der Waals surface area contributed by atoms with E-state index in [1.165, 1.54) is 11.0 Å². The van der Waals surface area contributed by atoms with E-state index in [9.17, 15) is 0 Å². The Kier molecular flexibility index (Phi) is 3.56. The van der Waals surface area contributed by atoms with Gasteiger partial charge in [0.1, 0.15) is 0 Å². The molecule has 0 fully saturated rings. The van der Waals surface area contributed by atoms with E-state index < -0.39 is 0 Å². The van der Waals surface area contributed by atoms with Crippen molar-refractivity contribution >= 4 is 18.3 Å². The highest BCUT2D eigenvalue weighted by Crippen LogP contribution is 1.90. The Morgan fingerprint density at radius 2 is 2.60 bits per heavy atom. The molecule has 1 aromatic rings. The third-order valence-corrected chi connectivity index (χ3v) is 0.759. The Morgan fingerprint density at radius 3 is 3.00 bits per heavy atom. The fourth-order valence-electron chi connectivity index (χ4n) is 0.461. The third-order valence-electron chi connectivity index (χ3n) is 0.759. The van der Waals surface area contributed by atoms with Crippen LogP contribution in [0.1, 0.15) is 6.92 Å². The number of hydrogen-bond donors (Lipinski definition) is 1. The van der Waals surface area contributed by atoms with E-state index in [1.54, 1.807) is 0 Å². The Morgan fingerprint density at radius 1 is 1.90 bits per heavy atom. The van der Waals surface area contributed by atoms with Crippen LogP contribution in [-0.2, 0) is 0 Å². The maximum absolute atomic E-state index is 5.20. The van der Waals surface area contributed by atoms with Crippen molar-refractivity contribution in [1.82, 2.24) is 5.27 Å². The molecule has 0 aliphatic rings. The monoisotopic (exact) mass is 164 g/mol. The minimum atomic E-state index is 0. The van der Waals surface area contributed by atoms with E-state index in [2.05, 4.69) is 15.2 Å². The molecule has 0 amide bonds. The molecule has 0 aliphatic heterocycles. The van der Waals surface area contributed by atoms with E-state index >= 15 is 0 Å². The normalized spacial score (nSPS) is 8.50. The van der Waals surface area contributed by atoms with Crippen molar-refractivity contribution in [3.8, 4) is 0 Å². The Balaban J connectivity index is 0.000000810. The molecule has 0 unspecified atom stereocenters. The number of aromatic nitrogens is 2. The number of halogens is 1. The zero-order chi connectivity index (χ0) is 6.69. The summed E-state index contributed by atoms with van der Waals surface area (Å²) in [6, 6.07) is 0. The summed E-state index contributed by atoms with van der Waals surface area (Å²) in [5, 5.41) is 3.46. The largest absolute Gasteiger partial charge is 0.382 e. The molecule has 1 heterocycles. The van der Waals surface area contributed by atoms with Gasteiger partial charge in [0.25, 0.3) is 12.1 Å². The molecule has 0 aromatic carbocycles. The lowest BCUT2D eigenvalue weighted by Crippen LogP contribution is -2.30. The number of anilines is 1. The molecule has 1 rings (SSSR count). The van der Waals surface area contributed by atoms with Crippen LogP contribution in [0, 0.1) is 0 Å². The van der Waals surface area contributed by atoms with Gasteiger partial charge in [-0.25, -0.2) is 5.43 Å². The van der Waals surface area contributed by atoms with Crippen LogP contribution in [-0.4, -0.2) is 11.8 Å². The average molecular weight is 165 g/mol. The molecule has 5 nitrogen and oxygen atoms in total. The van der Waals surface area contributed by atoms with Gasteiger partial charge in [0.2, 0.25) is 0 Å². The predicted molar refractivity (Wildman–Crippen MR) is 37.7 cm³/mol. The first-order valence-corrected chi connectivity index (χ1v) is 2.65. The quantitative estimate of drug-likeness (QED) is 0.632. The van der Waals surface area contributed by atoms with Crippen molar-refractivity contribution in [3.63, 3.8) is 0 Å². The molecule has 6 heteroatoms. The standard InChI is InChI=1S/C4H8N4O.ClH/c1-2-6-8-3-4(5)9-7-8;/h3H,2,5H2,1H3;1H. The molecule has 2 N–H and O–H groups in total. The minimum Gasteiger partial charge on any atom is -0.382 e. The average Bonchev–Trinajstić information content (AvgIpc) is 2.17. The fraction of sp³-hybridized carbons (Fsp3) is 0.500. The van der Waals surface area contributed by atoms with Crippen molar-refractivity contribution in [2.45, 2.75) is 6.92 Å². The van der Waals surface area contributed by atoms with E-state index in [0.29, 0.717) is 6.54 Å². The lowest BCUT2D eigenvalue weighted by Gasteiger charge is -1.90. The maximum Gasteiger partial charge on any atom is 0.265 e. The number of hydrogen-bond acceptors (Lipinski definition) is 3. The molecule has 0 atom stereocenters. The molecule has 0 saturated heterocycles. The van der Waals surface area contributed by atoms with Crippen molar-refractivity contribution in [2.75, 3.05) is 12.3 Å². The molecule has 58 valence electrons. The first kappa shape index (κ1) is 9.03. The Hall–Kier alpha value is -0.970. The van der Waals surface area contributed by atoms with Crippen LogP contribution in [0.2, 0.25) is 0 Å². The van der Waals surface area contributed by atoms with Crippen molar-refractivity contribution in [3.05, 3.63) is 11.6 Å². The predicted octanol–water partition coefficient (Wildman–Crippen LogP) is 0.123. The zero-order valence-corrected chi connectivity index (χ0v) is 6.34. The van der Waals surface area contributed by atoms with Crippen LogP contribution in [0.25, 0.3) is 5.43 Å². The first-order chi connectivity index (χ1) is 4.33. The summed E-state index contributed by atoms with van der Waals surface area (Å²) in [6.45, 7) is 2.56. The van der Waals surface area contributed by atoms with Crippen LogP contribution in [0.15, 0.2) is 10.7 Å². The number of rotatable bonds is 2. The summed E-state index contributed by atoms with van der Waals surface area (Å²) < 4.78 is 4.51. The second-order valence-electron chi connectivity index (χ2n) is 1.48. The number of nitrogens with two attached hydrogens (primary N) is 1. The molecule has 0 saturated carbocycles. The van der Waals surface area contributed by atoms with Crippen LogP contribution < -0.4 is 10.5 Å². The van der Waals surface area contributed by atoms with Crippen LogP contribution in [0.3, 0.4) is 0 Å². The summed E-state index contributed by atoms with van der Waals surface area (Å²) in [5.41, 5.74) is 9.06. The number of nitrogens with zero attached hydrogens (tertiary/aromatic N) is 3. The summed E-state index contributed by atoms with van der Waals surface area (Å²) >= 11 is 0.